The van der Waals surface area contributed by atoms with Gasteiger partial charge in [-0.15, -0.1) is 0 Å². The molecule has 3 heterocycles. The maximum Gasteiger partial charge on any atom is 0.271 e. The third-order valence-corrected chi connectivity index (χ3v) is 4.93. The molecule has 134 valence electrons. The van der Waals surface area contributed by atoms with E-state index in [4.69, 9.17) is 0 Å². The molecule has 3 aromatic rings. The second-order valence-corrected chi connectivity index (χ2v) is 6.93. The Kier molecular flexibility index (Phi) is 4.97. The van der Waals surface area contributed by atoms with Crippen molar-refractivity contribution in [3.05, 3.63) is 71.7 Å². The Labute approximate surface area is 153 Å². The van der Waals surface area contributed by atoms with Crippen LogP contribution in [0.4, 0.5) is 0 Å². The summed E-state index contributed by atoms with van der Waals surface area (Å²) < 4.78 is 1.85. The molecule has 1 fully saturated rings. The van der Waals surface area contributed by atoms with Crippen LogP contribution in [0.15, 0.2) is 54.9 Å². The number of likely N-dealkylation sites (tertiary alicyclic amines) is 1. The zero-order chi connectivity index (χ0) is 17.8. The van der Waals surface area contributed by atoms with Crippen molar-refractivity contribution in [1.29, 1.82) is 0 Å². The number of hydrogen-bond donors (Lipinski definition) is 1. The highest BCUT2D eigenvalue weighted by Crippen LogP contribution is 2.13. The summed E-state index contributed by atoms with van der Waals surface area (Å²) in [5.41, 5.74) is 3.66. The van der Waals surface area contributed by atoms with Crippen molar-refractivity contribution in [3.8, 4) is 0 Å². The molecule has 1 N–H and O–H groups in total. The van der Waals surface area contributed by atoms with E-state index >= 15 is 0 Å². The Hall–Kier alpha value is -2.66. The zero-order valence-electron chi connectivity index (χ0n) is 14.9. The summed E-state index contributed by atoms with van der Waals surface area (Å²) in [6.07, 6.45) is 7.63. The van der Waals surface area contributed by atoms with Gasteiger partial charge in [0.25, 0.3) is 5.91 Å². The molecule has 1 saturated heterocycles. The summed E-state index contributed by atoms with van der Waals surface area (Å²) in [5, 5.41) is 2.95. The number of amides is 1. The van der Waals surface area contributed by atoms with E-state index in [1.807, 2.05) is 28.8 Å². The summed E-state index contributed by atoms with van der Waals surface area (Å²) >= 11 is 0. The van der Waals surface area contributed by atoms with Gasteiger partial charge in [-0.1, -0.05) is 36.8 Å². The van der Waals surface area contributed by atoms with Crippen LogP contribution in [0, 0.1) is 0 Å². The van der Waals surface area contributed by atoms with Crippen LogP contribution in [-0.4, -0.2) is 33.3 Å². The van der Waals surface area contributed by atoms with Crippen LogP contribution in [0.3, 0.4) is 0 Å². The number of imidazole rings is 1. The Balaban J connectivity index is 1.33. The van der Waals surface area contributed by atoms with Crippen molar-refractivity contribution < 1.29 is 4.79 Å². The second-order valence-electron chi connectivity index (χ2n) is 6.93. The summed E-state index contributed by atoms with van der Waals surface area (Å²) in [6.45, 7) is 3.94. The highest BCUT2D eigenvalue weighted by atomic mass is 16.1. The first-order valence-electron chi connectivity index (χ1n) is 9.30. The van der Waals surface area contributed by atoms with Gasteiger partial charge < -0.3 is 9.72 Å². The Morgan fingerprint density at radius 3 is 2.54 bits per heavy atom. The van der Waals surface area contributed by atoms with Crippen molar-refractivity contribution in [1.82, 2.24) is 19.6 Å². The van der Waals surface area contributed by atoms with E-state index in [0.29, 0.717) is 12.2 Å². The number of piperidine rings is 1. The fourth-order valence-electron chi connectivity index (χ4n) is 3.46. The molecular formula is C21H24N4O. The maximum atomic E-state index is 12.3. The van der Waals surface area contributed by atoms with Gasteiger partial charge in [0.1, 0.15) is 11.3 Å². The monoisotopic (exact) mass is 348 g/mol. The van der Waals surface area contributed by atoms with E-state index in [0.717, 1.165) is 17.8 Å². The minimum absolute atomic E-state index is 0.147. The van der Waals surface area contributed by atoms with Crippen LogP contribution in [0.5, 0.6) is 0 Å². The fraction of sp³-hybridized carbons (Fsp3) is 0.333. The lowest BCUT2D eigenvalue weighted by Crippen LogP contribution is -2.29. The molecule has 2 aromatic heterocycles. The zero-order valence-corrected chi connectivity index (χ0v) is 14.9. The number of carbonyl (C=O) groups is 1. The number of pyridine rings is 1. The number of fused-ring (bicyclic) bond motifs is 1. The van der Waals surface area contributed by atoms with Gasteiger partial charge in [0.05, 0.1) is 0 Å². The molecule has 1 aromatic carbocycles. The largest absolute Gasteiger partial charge is 0.347 e. The molecule has 0 saturated carbocycles. The van der Waals surface area contributed by atoms with E-state index in [2.05, 4.69) is 39.5 Å². The molecular weight excluding hydrogens is 324 g/mol. The predicted molar refractivity (Wildman–Crippen MR) is 102 cm³/mol. The lowest BCUT2D eigenvalue weighted by Gasteiger charge is -2.26. The van der Waals surface area contributed by atoms with Crippen molar-refractivity contribution in [2.45, 2.75) is 32.4 Å². The Morgan fingerprint density at radius 1 is 1.00 bits per heavy atom. The first-order valence-corrected chi connectivity index (χ1v) is 9.30. The van der Waals surface area contributed by atoms with E-state index in [1.54, 1.807) is 6.20 Å². The summed E-state index contributed by atoms with van der Waals surface area (Å²) in [4.78, 5) is 19.2. The third-order valence-electron chi connectivity index (χ3n) is 4.93. The molecule has 0 unspecified atom stereocenters. The van der Waals surface area contributed by atoms with Gasteiger partial charge in [-0.3, -0.25) is 9.69 Å². The fourth-order valence-corrected chi connectivity index (χ4v) is 3.46. The average molecular weight is 348 g/mol. The molecule has 26 heavy (non-hydrogen) atoms. The van der Waals surface area contributed by atoms with Gasteiger partial charge in [0.15, 0.2) is 0 Å². The molecule has 0 aliphatic carbocycles. The van der Waals surface area contributed by atoms with Crippen LogP contribution >= 0.6 is 0 Å². The molecule has 1 aliphatic rings. The highest BCUT2D eigenvalue weighted by Gasteiger charge is 2.11. The molecule has 0 radical (unpaired) electrons. The number of hydrogen-bond acceptors (Lipinski definition) is 3. The van der Waals surface area contributed by atoms with Crippen molar-refractivity contribution in [3.63, 3.8) is 0 Å². The molecule has 5 heteroatoms. The van der Waals surface area contributed by atoms with Gasteiger partial charge in [-0.25, -0.2) is 4.98 Å². The van der Waals surface area contributed by atoms with Gasteiger partial charge >= 0.3 is 0 Å². The highest BCUT2D eigenvalue weighted by molar-refractivity contribution is 5.92. The molecule has 0 atom stereocenters. The summed E-state index contributed by atoms with van der Waals surface area (Å²) in [6, 6.07) is 14.3. The average Bonchev–Trinajstić information content (AvgIpc) is 3.12. The van der Waals surface area contributed by atoms with Crippen molar-refractivity contribution >= 4 is 11.6 Å². The van der Waals surface area contributed by atoms with Crippen LogP contribution in [0.2, 0.25) is 0 Å². The summed E-state index contributed by atoms with van der Waals surface area (Å²) in [7, 11) is 0. The van der Waals surface area contributed by atoms with Crippen LogP contribution < -0.4 is 5.32 Å². The van der Waals surface area contributed by atoms with Gasteiger partial charge in [-0.05, 0) is 49.2 Å². The number of rotatable bonds is 5. The smallest absolute Gasteiger partial charge is 0.271 e. The van der Waals surface area contributed by atoms with Gasteiger partial charge in [-0.2, -0.15) is 0 Å². The van der Waals surface area contributed by atoms with E-state index in [-0.39, 0.29) is 5.91 Å². The molecule has 1 aliphatic heterocycles. The SMILES string of the molecule is O=C(NCc1ccc(CN2CCCCC2)cc1)c1cn2ccccc2n1. The lowest BCUT2D eigenvalue weighted by molar-refractivity contribution is 0.0946. The standard InChI is InChI=1S/C21H24N4O/c26-21(19-16-25-13-5-2-6-20(25)23-19)22-14-17-7-9-18(10-8-17)15-24-11-3-1-4-12-24/h2,5-10,13,16H,1,3-4,11-12,14-15H2,(H,22,26). The predicted octanol–water partition coefficient (Wildman–Crippen LogP) is 3.25. The third kappa shape index (κ3) is 3.94. The van der Waals surface area contributed by atoms with Crippen molar-refractivity contribution in [2.75, 3.05) is 13.1 Å². The quantitative estimate of drug-likeness (QED) is 0.770. The maximum absolute atomic E-state index is 12.3. The number of nitrogens with zero attached hydrogens (tertiary/aromatic N) is 3. The Bertz CT molecular complexity index is 845. The van der Waals surface area contributed by atoms with Crippen LogP contribution in [0.1, 0.15) is 40.9 Å². The number of nitrogens with one attached hydrogen (secondary N) is 1. The Morgan fingerprint density at radius 2 is 1.77 bits per heavy atom. The minimum atomic E-state index is -0.147. The van der Waals surface area contributed by atoms with E-state index in [9.17, 15) is 4.79 Å². The van der Waals surface area contributed by atoms with E-state index in [1.165, 1.54) is 37.9 Å². The topological polar surface area (TPSA) is 49.6 Å². The second kappa shape index (κ2) is 7.70. The molecule has 5 nitrogen and oxygen atoms in total. The van der Waals surface area contributed by atoms with Crippen molar-refractivity contribution in [2.24, 2.45) is 0 Å². The minimum Gasteiger partial charge on any atom is -0.347 e. The molecule has 4 rings (SSSR count). The van der Waals surface area contributed by atoms with Gasteiger partial charge in [0, 0.05) is 25.5 Å². The lowest BCUT2D eigenvalue weighted by atomic mass is 10.1. The van der Waals surface area contributed by atoms with Gasteiger partial charge in [0.2, 0.25) is 0 Å². The number of carbonyl (C=O) groups excluding carboxylic acids is 1. The molecule has 0 bridgehead atoms. The first kappa shape index (κ1) is 16.8. The first-order chi connectivity index (χ1) is 12.8. The van der Waals surface area contributed by atoms with E-state index < -0.39 is 0 Å². The van der Waals surface area contributed by atoms with Crippen LogP contribution in [-0.2, 0) is 13.1 Å². The summed E-state index contributed by atoms with van der Waals surface area (Å²) in [5.74, 6) is -0.147. The van der Waals surface area contributed by atoms with Crippen LogP contribution in [0.25, 0.3) is 5.65 Å². The molecule has 1 amide bonds. The molecule has 0 spiro atoms. The number of benzene rings is 1. The number of aromatic nitrogens is 2. The normalized spacial score (nSPS) is 15.2.